The fourth-order valence-electron chi connectivity index (χ4n) is 7.56. The Labute approximate surface area is 364 Å². The molecule has 7 rings (SSSR count). The zero-order valence-electron chi connectivity index (χ0n) is 34.5. The zero-order chi connectivity index (χ0) is 41.4. The molecule has 60 heavy (non-hydrogen) atoms. The van der Waals surface area contributed by atoms with E-state index in [4.69, 9.17) is 0 Å². The molecule has 1 saturated carbocycles. The Morgan fingerprint density at radius 1 is 0.500 bits per heavy atom. The molecule has 1 radical (unpaired) electrons. The normalized spacial score (nSPS) is 12.7. The van der Waals surface area contributed by atoms with Crippen LogP contribution in [0.5, 0.6) is 23.0 Å². The second-order valence-electron chi connectivity index (χ2n) is 15.0. The Hall–Kier alpha value is -5.91. The van der Waals surface area contributed by atoms with Crippen molar-refractivity contribution in [2.24, 2.45) is 26.4 Å². The molecule has 1 aliphatic carbocycles. The van der Waals surface area contributed by atoms with E-state index in [9.17, 15) is 20.4 Å². The van der Waals surface area contributed by atoms with E-state index >= 15 is 0 Å². The second kappa shape index (κ2) is 23.0. The monoisotopic (exact) mass is 851 g/mol. The maximum absolute atomic E-state index is 10.8. The summed E-state index contributed by atoms with van der Waals surface area (Å²) in [6, 6.07) is 39.4. The topological polar surface area (TPSA) is 137 Å². The number of aromatic hydroxyl groups is 4. The van der Waals surface area contributed by atoms with Gasteiger partial charge < -0.3 is 30.2 Å². The van der Waals surface area contributed by atoms with Gasteiger partial charge in [-0.1, -0.05) is 106 Å². The van der Waals surface area contributed by atoms with Crippen molar-refractivity contribution in [2.45, 2.75) is 71.8 Å². The summed E-state index contributed by atoms with van der Waals surface area (Å²) in [5.41, 5.74) is 4.63. The number of nitrogens with zero attached hydrogens (tertiary/aromatic N) is 6. The summed E-state index contributed by atoms with van der Waals surface area (Å²) in [5, 5.41) is 59.1. The van der Waals surface area contributed by atoms with E-state index in [1.165, 1.54) is 67.3 Å². The number of benzene rings is 6. The van der Waals surface area contributed by atoms with E-state index in [-0.39, 0.29) is 39.8 Å². The Morgan fingerprint density at radius 3 is 1.53 bits per heavy atom. The zero-order valence-corrected chi connectivity index (χ0v) is 35.5. The average Bonchev–Trinajstić information content (AvgIpc) is 3.78. The fraction of sp³-hybridized carbons (Fsp3) is 0.306. The maximum atomic E-state index is 10.8. The Bertz CT molecular complexity index is 2330. The van der Waals surface area contributed by atoms with Gasteiger partial charge in [-0.05, 0) is 97.1 Å². The second-order valence-corrected chi connectivity index (χ2v) is 15.0. The average molecular weight is 852 g/mol. The number of rotatable bonds is 16. The molecule has 0 spiro atoms. The van der Waals surface area contributed by atoms with Crippen molar-refractivity contribution in [3.8, 4) is 23.0 Å². The van der Waals surface area contributed by atoms with E-state index in [1.807, 2.05) is 12.1 Å². The minimum atomic E-state index is 0. The van der Waals surface area contributed by atoms with Crippen molar-refractivity contribution < 1.29 is 37.2 Å². The van der Waals surface area contributed by atoms with Crippen LogP contribution in [-0.4, -0.2) is 40.1 Å². The summed E-state index contributed by atoms with van der Waals surface area (Å²) < 4.78 is 0. The van der Waals surface area contributed by atoms with Crippen LogP contribution in [0.1, 0.15) is 70.8 Å². The van der Waals surface area contributed by atoms with Gasteiger partial charge in [-0.2, -0.15) is 0 Å². The minimum Gasteiger partial charge on any atom is -0.506 e. The Morgan fingerprint density at radius 2 is 1.00 bits per heavy atom. The largest absolute Gasteiger partial charge is 0.506 e. The third kappa shape index (κ3) is 12.8. The Balaban J connectivity index is 0.000000264. The van der Waals surface area contributed by atoms with Crippen molar-refractivity contribution in [3.63, 3.8) is 0 Å². The SMILES string of the molecule is CCN(CC)c1ccc(N=Nc2ccccc2O)c(O)c1.Oc1ccccc1N=Nc1ccc(N(CCCCCC2CCCC2)Cc2ccc3ccccc3c2)cc1O.[Co]. The van der Waals surface area contributed by atoms with Crippen molar-refractivity contribution in [2.75, 3.05) is 29.4 Å². The summed E-state index contributed by atoms with van der Waals surface area (Å²) in [4.78, 5) is 4.48. The number of phenolic OH excluding ortho intramolecular Hbond substituents is 4. The smallest absolute Gasteiger partial charge is 0.145 e. The van der Waals surface area contributed by atoms with E-state index < -0.39 is 0 Å². The molecule has 315 valence electrons. The van der Waals surface area contributed by atoms with E-state index in [1.54, 1.807) is 66.7 Å². The van der Waals surface area contributed by atoms with E-state index in [0.29, 0.717) is 22.7 Å². The molecule has 0 saturated heterocycles. The molecule has 0 unspecified atom stereocenters. The molecular weight excluding hydrogens is 796 g/mol. The summed E-state index contributed by atoms with van der Waals surface area (Å²) >= 11 is 0. The molecule has 0 amide bonds. The van der Waals surface area contributed by atoms with Crippen molar-refractivity contribution in [1.82, 2.24) is 0 Å². The number of phenols is 4. The number of hydrogen-bond acceptors (Lipinski definition) is 10. The first-order chi connectivity index (χ1) is 28.8. The first-order valence-electron chi connectivity index (χ1n) is 20.8. The van der Waals surface area contributed by atoms with Gasteiger partial charge in [0.15, 0.2) is 0 Å². The van der Waals surface area contributed by atoms with Gasteiger partial charge in [0.1, 0.15) is 45.7 Å². The van der Waals surface area contributed by atoms with Gasteiger partial charge >= 0.3 is 0 Å². The van der Waals surface area contributed by atoms with Crippen LogP contribution in [0.3, 0.4) is 0 Å². The summed E-state index contributed by atoms with van der Waals surface area (Å²) in [6.45, 7) is 7.56. The van der Waals surface area contributed by atoms with Crippen LogP contribution >= 0.6 is 0 Å². The van der Waals surface area contributed by atoms with Crippen molar-refractivity contribution in [3.05, 3.63) is 133 Å². The molecule has 4 N–H and O–H groups in total. The number of para-hydroxylation sites is 2. The van der Waals surface area contributed by atoms with Crippen LogP contribution in [0.4, 0.5) is 34.1 Å². The quantitative estimate of drug-likeness (QED) is 0.0565. The standard InChI is InChI=1S/C33H37N3O2.C16H19N3O2.Co/c37-32-16-8-7-15-30(32)34-35-31-20-19-29(23-33(31)38)36(21-9-1-2-10-25-11-3-4-12-25)24-26-17-18-27-13-5-6-14-28(27)22-26;1-3-19(4-2)12-9-10-14(16(21)11-12)18-17-13-7-5-6-8-15(13)20;/h5-8,13-20,22-23,25,37-38H,1-4,9-12,21,24H2;5-11,20-21H,3-4H2,1-2H3;. The molecule has 0 aliphatic heterocycles. The number of fused-ring (bicyclic) bond motifs is 1. The number of unbranched alkanes of at least 4 members (excludes halogenated alkanes) is 2. The first kappa shape index (κ1) is 45.2. The van der Waals surface area contributed by atoms with E-state index in [0.717, 1.165) is 49.9 Å². The predicted molar refractivity (Wildman–Crippen MR) is 240 cm³/mol. The van der Waals surface area contributed by atoms with Crippen LogP contribution in [-0.2, 0) is 23.3 Å². The van der Waals surface area contributed by atoms with Crippen LogP contribution in [0, 0.1) is 5.92 Å². The molecule has 0 bridgehead atoms. The molecule has 0 aromatic heterocycles. The fourth-order valence-corrected chi connectivity index (χ4v) is 7.56. The van der Waals surface area contributed by atoms with Crippen LogP contribution in [0.25, 0.3) is 10.8 Å². The predicted octanol–water partition coefficient (Wildman–Crippen LogP) is 13.8. The minimum absolute atomic E-state index is 0. The maximum Gasteiger partial charge on any atom is 0.145 e. The van der Waals surface area contributed by atoms with Gasteiger partial charge in [0.25, 0.3) is 0 Å². The molecule has 6 aromatic carbocycles. The molecule has 1 fully saturated rings. The molecule has 1 aliphatic rings. The van der Waals surface area contributed by atoms with Gasteiger partial charge in [-0.25, -0.2) is 0 Å². The molecule has 10 nitrogen and oxygen atoms in total. The third-order valence-corrected chi connectivity index (χ3v) is 10.9. The molecule has 0 atom stereocenters. The van der Waals surface area contributed by atoms with Crippen LogP contribution < -0.4 is 9.80 Å². The van der Waals surface area contributed by atoms with Gasteiger partial charge in [-0.15, -0.1) is 20.5 Å². The molecule has 0 heterocycles. The molecule has 6 aromatic rings. The summed E-state index contributed by atoms with van der Waals surface area (Å²) in [5.74, 6) is 1.20. The van der Waals surface area contributed by atoms with Crippen molar-refractivity contribution in [1.29, 1.82) is 0 Å². The van der Waals surface area contributed by atoms with Crippen LogP contribution in [0.2, 0.25) is 0 Å². The van der Waals surface area contributed by atoms with Gasteiger partial charge in [0, 0.05) is 66.5 Å². The van der Waals surface area contributed by atoms with Gasteiger partial charge in [-0.3, -0.25) is 0 Å². The van der Waals surface area contributed by atoms with Crippen molar-refractivity contribution >= 4 is 44.9 Å². The van der Waals surface area contributed by atoms with Gasteiger partial charge in [0.05, 0.1) is 0 Å². The molecular formula is C49H56CoN6O4. The number of hydrogen-bond donors (Lipinski definition) is 4. The first-order valence-corrected chi connectivity index (χ1v) is 20.8. The molecule has 11 heteroatoms. The van der Waals surface area contributed by atoms with Gasteiger partial charge in [0.2, 0.25) is 0 Å². The summed E-state index contributed by atoms with van der Waals surface area (Å²) in [6.07, 6.45) is 10.7. The third-order valence-electron chi connectivity index (χ3n) is 10.9. The summed E-state index contributed by atoms with van der Waals surface area (Å²) in [7, 11) is 0. The number of anilines is 2. The van der Waals surface area contributed by atoms with Crippen LogP contribution in [0.15, 0.2) is 148 Å². The van der Waals surface area contributed by atoms with E-state index in [2.05, 4.69) is 86.6 Å². The number of azo groups is 2. The Kier molecular flexibility index (Phi) is 17.3.